The Kier molecular flexibility index (Phi) is 3.01. The minimum absolute atomic E-state index is 0.309. The van der Waals surface area contributed by atoms with E-state index in [-0.39, 0.29) is 0 Å². The Hall–Kier alpha value is -0.340. The zero-order valence-electron chi connectivity index (χ0n) is 8.08. The minimum Gasteiger partial charge on any atom is -0.396 e. The Morgan fingerprint density at radius 2 is 2.23 bits per heavy atom. The van der Waals surface area contributed by atoms with Crippen molar-refractivity contribution in [2.24, 2.45) is 17.8 Å². The van der Waals surface area contributed by atoms with Crippen LogP contribution in [-0.2, 0) is 0 Å². The summed E-state index contributed by atoms with van der Waals surface area (Å²) in [7, 11) is 0. The summed E-state index contributed by atoms with van der Waals surface area (Å²) in [5.74, 6) is 2.61. The van der Waals surface area contributed by atoms with Gasteiger partial charge in [-0.25, -0.2) is 0 Å². The molecule has 1 saturated carbocycles. The van der Waals surface area contributed by atoms with Crippen LogP contribution >= 0.6 is 0 Å². The third kappa shape index (κ3) is 2.12. The van der Waals surface area contributed by atoms with Crippen molar-refractivity contribution in [3.63, 3.8) is 0 Å². The van der Waals surface area contributed by atoms with E-state index in [0.717, 1.165) is 37.3 Å². The first kappa shape index (κ1) is 9.22. The molecule has 0 unspecified atom stereocenters. The van der Waals surface area contributed by atoms with Gasteiger partial charge in [-0.3, -0.25) is 0 Å². The van der Waals surface area contributed by atoms with Crippen molar-refractivity contribution in [3.8, 4) is 0 Å². The van der Waals surface area contributed by atoms with Crippen LogP contribution in [0.15, 0.2) is 12.2 Å². The Bertz CT molecular complexity index is 191. The number of allylic oxidation sites excluding steroid dienone is 2. The molecular formula is C11H19NO. The molecule has 0 aliphatic heterocycles. The molecular weight excluding hydrogens is 162 g/mol. The van der Waals surface area contributed by atoms with Gasteiger partial charge < -0.3 is 10.4 Å². The van der Waals surface area contributed by atoms with E-state index in [1.807, 2.05) is 0 Å². The zero-order chi connectivity index (χ0) is 9.10. The van der Waals surface area contributed by atoms with E-state index >= 15 is 0 Å². The highest BCUT2D eigenvalue weighted by atomic mass is 16.3. The molecule has 2 N–H and O–H groups in total. The molecule has 0 aromatic carbocycles. The number of fused-ring (bicyclic) bond motifs is 2. The maximum Gasteiger partial charge on any atom is 0.0443 e. The molecule has 1 fully saturated rings. The van der Waals surface area contributed by atoms with Gasteiger partial charge in [-0.1, -0.05) is 12.2 Å². The second kappa shape index (κ2) is 4.25. The molecule has 2 heteroatoms. The normalized spacial score (nSPS) is 35.9. The molecule has 0 aromatic heterocycles. The summed E-state index contributed by atoms with van der Waals surface area (Å²) in [6.07, 6.45) is 8.44. The lowest BCUT2D eigenvalue weighted by atomic mass is 9.94. The number of aliphatic hydroxyl groups is 1. The first-order valence-corrected chi connectivity index (χ1v) is 5.40. The number of hydrogen-bond donors (Lipinski definition) is 2. The molecule has 2 aliphatic rings. The number of rotatable bonds is 5. The highest BCUT2D eigenvalue weighted by Gasteiger charge is 2.34. The molecule has 0 heterocycles. The summed E-state index contributed by atoms with van der Waals surface area (Å²) in [5.41, 5.74) is 0. The smallest absolute Gasteiger partial charge is 0.0443 e. The molecule has 0 aromatic rings. The van der Waals surface area contributed by atoms with Crippen molar-refractivity contribution >= 4 is 0 Å². The zero-order valence-corrected chi connectivity index (χ0v) is 8.08. The van der Waals surface area contributed by atoms with E-state index in [1.165, 1.54) is 12.8 Å². The first-order chi connectivity index (χ1) is 6.40. The third-order valence-corrected chi connectivity index (χ3v) is 3.33. The lowest BCUT2D eigenvalue weighted by molar-refractivity contribution is 0.283. The highest BCUT2D eigenvalue weighted by Crippen LogP contribution is 2.42. The SMILES string of the molecule is OCCCNC[C@H]1C[C@H]2C=C[C@@H]1C2. The minimum atomic E-state index is 0.309. The summed E-state index contributed by atoms with van der Waals surface area (Å²) >= 11 is 0. The maximum atomic E-state index is 8.61. The largest absolute Gasteiger partial charge is 0.396 e. The van der Waals surface area contributed by atoms with Gasteiger partial charge in [0.15, 0.2) is 0 Å². The van der Waals surface area contributed by atoms with Crippen LogP contribution in [0.25, 0.3) is 0 Å². The van der Waals surface area contributed by atoms with Gasteiger partial charge >= 0.3 is 0 Å². The van der Waals surface area contributed by atoms with E-state index in [9.17, 15) is 0 Å². The molecule has 2 nitrogen and oxygen atoms in total. The second-order valence-corrected chi connectivity index (χ2v) is 4.32. The van der Waals surface area contributed by atoms with Crippen LogP contribution in [0.5, 0.6) is 0 Å². The molecule has 74 valence electrons. The van der Waals surface area contributed by atoms with Crippen molar-refractivity contribution in [1.82, 2.24) is 5.32 Å². The van der Waals surface area contributed by atoms with Gasteiger partial charge in [-0.2, -0.15) is 0 Å². The van der Waals surface area contributed by atoms with Crippen LogP contribution in [0.2, 0.25) is 0 Å². The van der Waals surface area contributed by atoms with Gasteiger partial charge in [0, 0.05) is 6.61 Å². The molecule has 2 rings (SSSR count). The van der Waals surface area contributed by atoms with E-state index in [0.29, 0.717) is 6.61 Å². The van der Waals surface area contributed by atoms with Gasteiger partial charge in [0.2, 0.25) is 0 Å². The van der Waals surface area contributed by atoms with E-state index < -0.39 is 0 Å². The van der Waals surface area contributed by atoms with Gasteiger partial charge in [0.05, 0.1) is 0 Å². The average Bonchev–Trinajstić information content (AvgIpc) is 2.73. The Balaban J connectivity index is 1.64. The van der Waals surface area contributed by atoms with Gasteiger partial charge in [0.1, 0.15) is 0 Å². The van der Waals surface area contributed by atoms with E-state index in [4.69, 9.17) is 5.11 Å². The second-order valence-electron chi connectivity index (χ2n) is 4.32. The standard InChI is InChI=1S/C11H19NO/c13-5-1-4-12-8-11-7-9-2-3-10(11)6-9/h2-3,9-13H,1,4-8H2/t9-,10+,11+/m0/s1. The molecule has 13 heavy (non-hydrogen) atoms. The topological polar surface area (TPSA) is 32.3 Å². The summed E-state index contributed by atoms with van der Waals surface area (Å²) in [6.45, 7) is 2.42. The van der Waals surface area contributed by atoms with Crippen molar-refractivity contribution in [3.05, 3.63) is 12.2 Å². The molecule has 0 amide bonds. The average molecular weight is 181 g/mol. The summed E-state index contributed by atoms with van der Waals surface area (Å²) in [4.78, 5) is 0. The number of hydrogen-bond acceptors (Lipinski definition) is 2. The lowest BCUT2D eigenvalue weighted by Gasteiger charge is -2.18. The third-order valence-electron chi connectivity index (χ3n) is 3.33. The molecule has 0 saturated heterocycles. The molecule has 2 bridgehead atoms. The maximum absolute atomic E-state index is 8.61. The van der Waals surface area contributed by atoms with Gasteiger partial charge in [-0.05, 0) is 50.1 Å². The Labute approximate surface area is 80.0 Å². The first-order valence-electron chi connectivity index (χ1n) is 5.40. The summed E-state index contributed by atoms with van der Waals surface area (Å²) in [5, 5.41) is 12.0. The molecule has 0 radical (unpaired) electrons. The van der Waals surface area contributed by atoms with Crippen LogP contribution in [0.4, 0.5) is 0 Å². The van der Waals surface area contributed by atoms with Crippen molar-refractivity contribution in [2.75, 3.05) is 19.7 Å². The fourth-order valence-electron chi connectivity index (χ4n) is 2.62. The number of nitrogens with one attached hydrogen (secondary N) is 1. The number of aliphatic hydroxyl groups excluding tert-OH is 1. The van der Waals surface area contributed by atoms with Crippen LogP contribution in [0, 0.1) is 17.8 Å². The van der Waals surface area contributed by atoms with Crippen molar-refractivity contribution in [1.29, 1.82) is 0 Å². The van der Waals surface area contributed by atoms with Crippen LogP contribution in [0.3, 0.4) is 0 Å². The quantitative estimate of drug-likeness (QED) is 0.493. The molecule has 3 atom stereocenters. The fourth-order valence-corrected chi connectivity index (χ4v) is 2.62. The highest BCUT2D eigenvalue weighted by molar-refractivity contribution is 5.10. The Morgan fingerprint density at radius 1 is 1.31 bits per heavy atom. The van der Waals surface area contributed by atoms with Crippen LogP contribution in [0.1, 0.15) is 19.3 Å². The van der Waals surface area contributed by atoms with Crippen LogP contribution < -0.4 is 5.32 Å². The monoisotopic (exact) mass is 181 g/mol. The van der Waals surface area contributed by atoms with Crippen LogP contribution in [-0.4, -0.2) is 24.8 Å². The Morgan fingerprint density at radius 3 is 2.85 bits per heavy atom. The molecule has 0 spiro atoms. The summed E-state index contributed by atoms with van der Waals surface area (Å²) < 4.78 is 0. The van der Waals surface area contributed by atoms with Crippen molar-refractivity contribution in [2.45, 2.75) is 19.3 Å². The van der Waals surface area contributed by atoms with E-state index in [1.54, 1.807) is 0 Å². The van der Waals surface area contributed by atoms with Crippen molar-refractivity contribution < 1.29 is 5.11 Å². The van der Waals surface area contributed by atoms with E-state index in [2.05, 4.69) is 17.5 Å². The summed E-state index contributed by atoms with van der Waals surface area (Å²) in [6, 6.07) is 0. The fraction of sp³-hybridized carbons (Fsp3) is 0.818. The molecule has 2 aliphatic carbocycles. The van der Waals surface area contributed by atoms with Gasteiger partial charge in [-0.15, -0.1) is 0 Å². The predicted octanol–water partition coefficient (Wildman–Crippen LogP) is 1.17. The van der Waals surface area contributed by atoms with Gasteiger partial charge in [0.25, 0.3) is 0 Å². The predicted molar refractivity (Wildman–Crippen MR) is 53.4 cm³/mol. The lowest BCUT2D eigenvalue weighted by Crippen LogP contribution is -2.26.